The Kier molecular flexibility index (Phi) is 6.51. The predicted molar refractivity (Wildman–Crippen MR) is 111 cm³/mol. The lowest BCUT2D eigenvalue weighted by molar-refractivity contribution is 0.0695. The van der Waals surface area contributed by atoms with E-state index in [2.05, 4.69) is 10.6 Å². The van der Waals surface area contributed by atoms with Gasteiger partial charge in [-0.15, -0.1) is 0 Å². The lowest BCUT2D eigenvalue weighted by Crippen LogP contribution is -2.49. The number of carboxylic acid groups (broad SMARTS) is 1. The highest BCUT2D eigenvalue weighted by Crippen LogP contribution is 2.29. The molecule has 0 saturated carbocycles. The zero-order valence-corrected chi connectivity index (χ0v) is 16.5. The summed E-state index contributed by atoms with van der Waals surface area (Å²) in [6, 6.07) is 9.92. The summed E-state index contributed by atoms with van der Waals surface area (Å²) in [4.78, 5) is 39.4. The van der Waals surface area contributed by atoms with Crippen molar-refractivity contribution in [1.82, 2.24) is 10.2 Å². The van der Waals surface area contributed by atoms with Crippen molar-refractivity contribution in [1.29, 1.82) is 0 Å². The largest absolute Gasteiger partial charge is 0.478 e. The maximum Gasteiger partial charge on any atom is 0.335 e. The molecule has 1 heterocycles. The van der Waals surface area contributed by atoms with Gasteiger partial charge in [-0.2, -0.15) is 0 Å². The number of carbonyl (C=O) groups is 3. The lowest BCUT2D eigenvalue weighted by Gasteiger charge is -2.37. The Labute approximate surface area is 173 Å². The van der Waals surface area contributed by atoms with Gasteiger partial charge in [-0.3, -0.25) is 4.79 Å². The van der Waals surface area contributed by atoms with Crippen LogP contribution in [0.2, 0.25) is 0 Å². The molecule has 0 bridgehead atoms. The van der Waals surface area contributed by atoms with E-state index in [1.54, 1.807) is 24.0 Å². The van der Waals surface area contributed by atoms with E-state index in [9.17, 15) is 23.9 Å². The quantitative estimate of drug-likeness (QED) is 0.698. The van der Waals surface area contributed by atoms with Crippen molar-refractivity contribution >= 4 is 29.3 Å². The molecule has 8 nitrogen and oxygen atoms in total. The first-order valence-corrected chi connectivity index (χ1v) is 9.61. The van der Waals surface area contributed by atoms with Crippen LogP contribution < -0.4 is 15.5 Å². The van der Waals surface area contributed by atoms with Crippen LogP contribution in [0.1, 0.15) is 27.6 Å². The number of hydrogen-bond acceptors (Lipinski definition) is 4. The molecule has 0 spiro atoms. The molecule has 0 aliphatic carbocycles. The molecule has 30 heavy (non-hydrogen) atoms. The topological polar surface area (TPSA) is 102 Å². The zero-order chi connectivity index (χ0) is 21.7. The summed E-state index contributed by atoms with van der Waals surface area (Å²) in [5.74, 6) is -2.02. The third-order valence-corrected chi connectivity index (χ3v) is 4.84. The van der Waals surface area contributed by atoms with E-state index in [4.69, 9.17) is 0 Å². The minimum atomic E-state index is -1.07. The molecule has 3 amide bonds. The minimum Gasteiger partial charge on any atom is -0.478 e. The lowest BCUT2D eigenvalue weighted by atomic mass is 10.1. The van der Waals surface area contributed by atoms with Crippen molar-refractivity contribution in [3.8, 4) is 0 Å². The Morgan fingerprint density at radius 2 is 1.77 bits per heavy atom. The summed E-state index contributed by atoms with van der Waals surface area (Å²) in [5.41, 5.74) is 1.15. The summed E-state index contributed by atoms with van der Waals surface area (Å²) in [7, 11) is 0. The fourth-order valence-electron chi connectivity index (χ4n) is 3.31. The minimum absolute atomic E-state index is 0.0254. The molecule has 9 heteroatoms. The van der Waals surface area contributed by atoms with E-state index in [0.29, 0.717) is 44.1 Å². The fraction of sp³-hybridized carbons (Fsp3) is 0.286. The summed E-state index contributed by atoms with van der Waals surface area (Å²) >= 11 is 0. The van der Waals surface area contributed by atoms with Gasteiger partial charge in [0.05, 0.1) is 22.5 Å². The van der Waals surface area contributed by atoms with Crippen LogP contribution in [-0.4, -0.2) is 60.6 Å². The highest BCUT2D eigenvalue weighted by atomic mass is 19.1. The SMILES string of the molecule is CCNC(=O)Nc1ccc(C(=O)O)cc1N1CCN(C(=O)c2ccccc2F)CC1. The monoisotopic (exact) mass is 414 g/mol. The van der Waals surface area contributed by atoms with Crippen molar-refractivity contribution < 1.29 is 23.9 Å². The van der Waals surface area contributed by atoms with Crippen molar-refractivity contribution in [3.63, 3.8) is 0 Å². The van der Waals surface area contributed by atoms with Crippen LogP contribution >= 0.6 is 0 Å². The first kappa shape index (κ1) is 21.1. The molecule has 3 rings (SSSR count). The third-order valence-electron chi connectivity index (χ3n) is 4.84. The third kappa shape index (κ3) is 4.68. The molecule has 0 aromatic heterocycles. The number of benzene rings is 2. The number of nitrogens with zero attached hydrogens (tertiary/aromatic N) is 2. The van der Waals surface area contributed by atoms with Crippen molar-refractivity contribution in [2.75, 3.05) is 42.9 Å². The summed E-state index contributed by atoms with van der Waals surface area (Å²) < 4.78 is 13.9. The van der Waals surface area contributed by atoms with Crippen LogP contribution in [0.3, 0.4) is 0 Å². The second-order valence-electron chi connectivity index (χ2n) is 6.78. The highest BCUT2D eigenvalue weighted by Gasteiger charge is 2.26. The number of amides is 3. The van der Waals surface area contributed by atoms with Gasteiger partial charge in [-0.25, -0.2) is 14.0 Å². The normalized spacial score (nSPS) is 13.7. The van der Waals surface area contributed by atoms with Gasteiger partial charge in [0.2, 0.25) is 0 Å². The smallest absolute Gasteiger partial charge is 0.335 e. The highest BCUT2D eigenvalue weighted by molar-refractivity contribution is 5.97. The number of hydrogen-bond donors (Lipinski definition) is 3. The van der Waals surface area contributed by atoms with Crippen LogP contribution in [0.4, 0.5) is 20.6 Å². The number of carbonyl (C=O) groups excluding carboxylic acids is 2. The van der Waals surface area contributed by atoms with Gasteiger partial charge in [-0.1, -0.05) is 12.1 Å². The Morgan fingerprint density at radius 3 is 2.40 bits per heavy atom. The Balaban J connectivity index is 1.77. The van der Waals surface area contributed by atoms with Gasteiger partial charge in [0.15, 0.2) is 0 Å². The van der Waals surface area contributed by atoms with Gasteiger partial charge in [0.25, 0.3) is 5.91 Å². The Morgan fingerprint density at radius 1 is 1.07 bits per heavy atom. The molecule has 0 radical (unpaired) electrons. The summed E-state index contributed by atoms with van der Waals surface area (Å²) in [5, 5.41) is 14.7. The van der Waals surface area contributed by atoms with E-state index in [1.165, 1.54) is 30.3 Å². The van der Waals surface area contributed by atoms with E-state index < -0.39 is 17.8 Å². The maximum absolute atomic E-state index is 13.9. The molecular formula is C21H23FN4O4. The molecule has 0 unspecified atom stereocenters. The number of anilines is 2. The standard InChI is InChI=1S/C21H23FN4O4/c1-2-23-21(30)24-17-8-7-14(20(28)29)13-18(17)25-9-11-26(12-10-25)19(27)15-5-3-4-6-16(15)22/h3-8,13H,2,9-12H2,1H3,(H,28,29)(H2,23,24,30). The van der Waals surface area contributed by atoms with Gasteiger partial charge >= 0.3 is 12.0 Å². The molecule has 2 aromatic carbocycles. The van der Waals surface area contributed by atoms with Crippen molar-refractivity contribution in [3.05, 3.63) is 59.4 Å². The van der Waals surface area contributed by atoms with Gasteiger partial charge in [-0.05, 0) is 37.3 Å². The van der Waals surface area contributed by atoms with E-state index in [1.807, 2.05) is 4.90 Å². The molecule has 2 aromatic rings. The number of aromatic carboxylic acids is 1. The molecule has 1 aliphatic rings. The molecule has 1 fully saturated rings. The van der Waals surface area contributed by atoms with Crippen LogP contribution in [0, 0.1) is 5.82 Å². The van der Waals surface area contributed by atoms with Crippen LogP contribution in [0.5, 0.6) is 0 Å². The van der Waals surface area contributed by atoms with Crippen LogP contribution in [0.15, 0.2) is 42.5 Å². The second kappa shape index (κ2) is 9.25. The fourth-order valence-corrected chi connectivity index (χ4v) is 3.31. The number of piperazine rings is 1. The van der Waals surface area contributed by atoms with Gasteiger partial charge in [0.1, 0.15) is 5.82 Å². The number of rotatable bonds is 5. The van der Waals surface area contributed by atoms with Gasteiger partial charge in [0, 0.05) is 32.7 Å². The predicted octanol–water partition coefficient (Wildman–Crippen LogP) is 2.63. The average Bonchev–Trinajstić information content (AvgIpc) is 2.74. The molecule has 158 valence electrons. The van der Waals surface area contributed by atoms with E-state index in [0.717, 1.165) is 0 Å². The molecule has 0 atom stereocenters. The van der Waals surface area contributed by atoms with Crippen LogP contribution in [-0.2, 0) is 0 Å². The second-order valence-corrected chi connectivity index (χ2v) is 6.78. The molecular weight excluding hydrogens is 391 g/mol. The average molecular weight is 414 g/mol. The van der Waals surface area contributed by atoms with E-state index in [-0.39, 0.29) is 17.0 Å². The molecule has 1 aliphatic heterocycles. The number of halogens is 1. The first-order valence-electron chi connectivity index (χ1n) is 9.61. The summed E-state index contributed by atoms with van der Waals surface area (Å²) in [6.45, 7) is 3.74. The summed E-state index contributed by atoms with van der Waals surface area (Å²) in [6.07, 6.45) is 0. The Hall–Kier alpha value is -3.62. The maximum atomic E-state index is 13.9. The van der Waals surface area contributed by atoms with Crippen molar-refractivity contribution in [2.45, 2.75) is 6.92 Å². The van der Waals surface area contributed by atoms with Crippen LogP contribution in [0.25, 0.3) is 0 Å². The van der Waals surface area contributed by atoms with Crippen molar-refractivity contribution in [2.24, 2.45) is 0 Å². The number of urea groups is 1. The van der Waals surface area contributed by atoms with Gasteiger partial charge < -0.3 is 25.5 Å². The number of carboxylic acids is 1. The molecule has 1 saturated heterocycles. The van der Waals surface area contributed by atoms with E-state index >= 15 is 0 Å². The molecule has 3 N–H and O–H groups in total. The first-order chi connectivity index (χ1) is 14.4. The number of nitrogens with one attached hydrogen (secondary N) is 2. The zero-order valence-electron chi connectivity index (χ0n) is 16.5. The Bertz CT molecular complexity index is 958.